The molecule has 0 unspecified atom stereocenters. The molecule has 1 heterocycles. The highest BCUT2D eigenvalue weighted by Crippen LogP contribution is 2.25. The zero-order valence-electron chi connectivity index (χ0n) is 9.95. The van der Waals surface area contributed by atoms with Crippen molar-refractivity contribution in [2.45, 2.75) is 32.6 Å². The third-order valence-corrected chi connectivity index (χ3v) is 3.07. The van der Waals surface area contributed by atoms with E-state index < -0.39 is 0 Å². The first kappa shape index (κ1) is 14.2. The van der Waals surface area contributed by atoms with Gasteiger partial charge in [0.25, 0.3) is 0 Å². The fourth-order valence-corrected chi connectivity index (χ4v) is 2.32. The van der Waals surface area contributed by atoms with Crippen molar-refractivity contribution in [3.63, 3.8) is 0 Å². The molecule has 0 aromatic carbocycles. The fourth-order valence-electron chi connectivity index (χ4n) is 2.07. The molecule has 17 heavy (non-hydrogen) atoms. The minimum atomic E-state index is 0. The van der Waals surface area contributed by atoms with Gasteiger partial charge in [-0.2, -0.15) is 0 Å². The van der Waals surface area contributed by atoms with Crippen molar-refractivity contribution in [3.8, 4) is 0 Å². The summed E-state index contributed by atoms with van der Waals surface area (Å²) in [7, 11) is 0. The molecule has 1 aliphatic rings. The van der Waals surface area contributed by atoms with Crippen LogP contribution in [0.25, 0.3) is 0 Å². The van der Waals surface area contributed by atoms with E-state index in [0.717, 1.165) is 25.1 Å². The van der Waals surface area contributed by atoms with Gasteiger partial charge in [0.1, 0.15) is 0 Å². The van der Waals surface area contributed by atoms with Crippen molar-refractivity contribution in [3.05, 3.63) is 23.5 Å². The predicted molar refractivity (Wildman–Crippen MR) is 78.0 cm³/mol. The van der Waals surface area contributed by atoms with Gasteiger partial charge in [-0.3, -0.25) is 4.98 Å². The van der Waals surface area contributed by atoms with Crippen LogP contribution in [0.2, 0.25) is 0 Å². The SMILES string of the molecule is CCNC(=S)Nc1ccnc2c1CCCC2.Cl. The summed E-state index contributed by atoms with van der Waals surface area (Å²) in [5.74, 6) is 0. The van der Waals surface area contributed by atoms with Crippen LogP contribution in [0.15, 0.2) is 12.3 Å². The van der Waals surface area contributed by atoms with E-state index in [1.807, 2.05) is 19.2 Å². The number of fused-ring (bicyclic) bond motifs is 1. The third kappa shape index (κ3) is 3.54. The zero-order valence-corrected chi connectivity index (χ0v) is 11.6. The minimum Gasteiger partial charge on any atom is -0.363 e. The van der Waals surface area contributed by atoms with E-state index in [4.69, 9.17) is 12.2 Å². The molecule has 0 saturated carbocycles. The van der Waals surface area contributed by atoms with Crippen LogP contribution in [0.1, 0.15) is 31.0 Å². The Kier molecular flexibility index (Phi) is 5.65. The second-order valence-electron chi connectivity index (χ2n) is 3.98. The maximum Gasteiger partial charge on any atom is 0.170 e. The fraction of sp³-hybridized carbons (Fsp3) is 0.500. The first-order valence-corrected chi connectivity index (χ1v) is 6.23. The Hall–Kier alpha value is -0.870. The lowest BCUT2D eigenvalue weighted by molar-refractivity contribution is 0.669. The van der Waals surface area contributed by atoms with E-state index in [2.05, 4.69) is 15.6 Å². The molecule has 0 spiro atoms. The quantitative estimate of drug-likeness (QED) is 0.811. The van der Waals surface area contributed by atoms with Crippen LogP contribution in [0.5, 0.6) is 0 Å². The number of pyridine rings is 1. The summed E-state index contributed by atoms with van der Waals surface area (Å²) in [5, 5.41) is 7.05. The van der Waals surface area contributed by atoms with E-state index in [9.17, 15) is 0 Å². The molecule has 1 aliphatic carbocycles. The number of nitrogens with one attached hydrogen (secondary N) is 2. The molecule has 3 nitrogen and oxygen atoms in total. The number of thiocarbonyl (C=S) groups is 1. The summed E-state index contributed by atoms with van der Waals surface area (Å²) in [6.07, 6.45) is 6.57. The number of hydrogen-bond donors (Lipinski definition) is 2. The number of aromatic nitrogens is 1. The smallest absolute Gasteiger partial charge is 0.170 e. The van der Waals surface area contributed by atoms with E-state index in [-0.39, 0.29) is 12.4 Å². The Morgan fingerprint density at radius 3 is 2.94 bits per heavy atom. The summed E-state index contributed by atoms with van der Waals surface area (Å²) in [4.78, 5) is 4.43. The minimum absolute atomic E-state index is 0. The molecule has 0 bridgehead atoms. The zero-order chi connectivity index (χ0) is 11.4. The van der Waals surface area contributed by atoms with E-state index in [1.165, 1.54) is 24.1 Å². The van der Waals surface area contributed by atoms with Crippen LogP contribution < -0.4 is 10.6 Å². The molecule has 0 amide bonds. The molecule has 0 fully saturated rings. The number of halogens is 1. The third-order valence-electron chi connectivity index (χ3n) is 2.82. The normalized spacial score (nSPS) is 13.2. The number of aryl methyl sites for hydroxylation is 1. The molecule has 1 aromatic rings. The molecule has 0 aliphatic heterocycles. The van der Waals surface area contributed by atoms with Gasteiger partial charge in [0.05, 0.1) is 0 Å². The summed E-state index contributed by atoms with van der Waals surface area (Å²) >= 11 is 5.20. The van der Waals surface area contributed by atoms with E-state index in [0.29, 0.717) is 5.11 Å². The van der Waals surface area contributed by atoms with Crippen LogP contribution in [0, 0.1) is 0 Å². The molecule has 2 N–H and O–H groups in total. The van der Waals surface area contributed by atoms with Gasteiger partial charge in [0.2, 0.25) is 0 Å². The molecule has 2 rings (SSSR count). The summed E-state index contributed by atoms with van der Waals surface area (Å²) in [6, 6.07) is 2.01. The van der Waals surface area contributed by atoms with Crippen molar-refractivity contribution in [1.29, 1.82) is 0 Å². The van der Waals surface area contributed by atoms with Gasteiger partial charge in [0.15, 0.2) is 5.11 Å². The van der Waals surface area contributed by atoms with Crippen LogP contribution in [-0.4, -0.2) is 16.6 Å². The Labute approximate surface area is 114 Å². The largest absolute Gasteiger partial charge is 0.363 e. The topological polar surface area (TPSA) is 37.0 Å². The van der Waals surface area contributed by atoms with Crippen LogP contribution >= 0.6 is 24.6 Å². The highest BCUT2D eigenvalue weighted by molar-refractivity contribution is 7.80. The molecule has 1 aromatic heterocycles. The lowest BCUT2D eigenvalue weighted by Gasteiger charge is -2.19. The van der Waals surface area contributed by atoms with Gasteiger partial charge >= 0.3 is 0 Å². The van der Waals surface area contributed by atoms with Crippen molar-refractivity contribution >= 4 is 35.4 Å². The molecule has 0 radical (unpaired) electrons. The number of anilines is 1. The molecule has 0 saturated heterocycles. The maximum absolute atomic E-state index is 5.20. The van der Waals surface area contributed by atoms with Crippen LogP contribution in [0.4, 0.5) is 5.69 Å². The van der Waals surface area contributed by atoms with Gasteiger partial charge in [0, 0.05) is 24.1 Å². The second kappa shape index (κ2) is 6.77. The first-order valence-electron chi connectivity index (χ1n) is 5.83. The highest BCUT2D eigenvalue weighted by Gasteiger charge is 2.14. The van der Waals surface area contributed by atoms with Crippen LogP contribution in [0.3, 0.4) is 0 Å². The highest BCUT2D eigenvalue weighted by atomic mass is 35.5. The van der Waals surface area contributed by atoms with Crippen molar-refractivity contribution in [1.82, 2.24) is 10.3 Å². The molecule has 94 valence electrons. The van der Waals surface area contributed by atoms with Gasteiger partial charge in [-0.05, 0) is 56.5 Å². The number of rotatable bonds is 2. The van der Waals surface area contributed by atoms with Gasteiger partial charge in [-0.1, -0.05) is 0 Å². The molecular formula is C12H18ClN3S. The average Bonchev–Trinajstić information content (AvgIpc) is 2.30. The van der Waals surface area contributed by atoms with Crippen LogP contribution in [-0.2, 0) is 12.8 Å². The van der Waals surface area contributed by atoms with Crippen molar-refractivity contribution in [2.75, 3.05) is 11.9 Å². The number of hydrogen-bond acceptors (Lipinski definition) is 2. The molecular weight excluding hydrogens is 254 g/mol. The monoisotopic (exact) mass is 271 g/mol. The van der Waals surface area contributed by atoms with E-state index >= 15 is 0 Å². The lowest BCUT2D eigenvalue weighted by Crippen LogP contribution is -2.28. The van der Waals surface area contributed by atoms with Gasteiger partial charge in [-0.25, -0.2) is 0 Å². The Bertz CT molecular complexity index is 395. The van der Waals surface area contributed by atoms with E-state index in [1.54, 1.807) is 0 Å². The molecule has 5 heteroatoms. The van der Waals surface area contributed by atoms with Crippen molar-refractivity contribution < 1.29 is 0 Å². The van der Waals surface area contributed by atoms with Gasteiger partial charge in [-0.15, -0.1) is 12.4 Å². The first-order chi connectivity index (χ1) is 7.81. The Morgan fingerprint density at radius 1 is 1.41 bits per heavy atom. The standard InChI is InChI=1S/C12H17N3S.ClH/c1-2-13-12(16)15-11-7-8-14-10-6-4-3-5-9(10)11;/h7-8H,2-6H2,1H3,(H2,13,14,15,16);1H. The molecule has 0 atom stereocenters. The maximum atomic E-state index is 5.20. The van der Waals surface area contributed by atoms with Gasteiger partial charge < -0.3 is 10.6 Å². The summed E-state index contributed by atoms with van der Waals surface area (Å²) in [6.45, 7) is 2.88. The number of nitrogens with zero attached hydrogens (tertiary/aromatic N) is 1. The Morgan fingerprint density at radius 2 is 2.18 bits per heavy atom. The lowest BCUT2D eigenvalue weighted by atomic mass is 9.95. The summed E-state index contributed by atoms with van der Waals surface area (Å²) in [5.41, 5.74) is 3.69. The Balaban J connectivity index is 0.00000144. The average molecular weight is 272 g/mol. The summed E-state index contributed by atoms with van der Waals surface area (Å²) < 4.78 is 0. The second-order valence-corrected chi connectivity index (χ2v) is 4.38. The predicted octanol–water partition coefficient (Wildman–Crippen LogP) is 2.69. The van der Waals surface area contributed by atoms with Crippen molar-refractivity contribution in [2.24, 2.45) is 0 Å².